The maximum absolute atomic E-state index is 13.7. The molecule has 3 aliphatic rings. The molecule has 0 spiro atoms. The largest absolute Gasteiger partial charge is 0.459 e. The predicted octanol–water partition coefficient (Wildman–Crippen LogP) is 5.80. The van der Waals surface area contributed by atoms with Crippen molar-refractivity contribution in [3.05, 3.63) is 71.0 Å². The standard InChI is InChI=1S/C31H39NO4/c1-3-35-31-26(17-10-18-33)28(20-29(36-31)30(34)32(2)22-12-5-4-6-13-22)25-16-9-15-24-23-14-8-7-11-21(23)19-27(24)25/h7-9,11,14-16,20,22,26,28,31,33H,3-6,10,12-13,17-19H2,1-2H3/t26-,28+,31+/m0/s1. The summed E-state index contributed by atoms with van der Waals surface area (Å²) in [5.41, 5.74) is 6.50. The minimum Gasteiger partial charge on any atom is -0.459 e. The number of rotatable bonds is 8. The van der Waals surface area contributed by atoms with Gasteiger partial charge in [0.25, 0.3) is 5.91 Å². The number of ether oxygens (including phenoxy) is 2. The Kier molecular flexibility index (Phi) is 7.78. The lowest BCUT2D eigenvalue weighted by Crippen LogP contribution is -2.43. The van der Waals surface area contributed by atoms with Gasteiger partial charge in [0.1, 0.15) is 0 Å². The molecule has 5 rings (SSSR count). The quantitative estimate of drug-likeness (QED) is 0.435. The fraction of sp³-hybridized carbons (Fsp3) is 0.516. The van der Waals surface area contributed by atoms with Gasteiger partial charge in [0.15, 0.2) is 5.76 Å². The molecule has 36 heavy (non-hydrogen) atoms. The van der Waals surface area contributed by atoms with Crippen LogP contribution in [0.25, 0.3) is 11.1 Å². The van der Waals surface area contributed by atoms with E-state index in [-0.39, 0.29) is 30.4 Å². The molecule has 1 fully saturated rings. The molecule has 1 N–H and O–H groups in total. The summed E-state index contributed by atoms with van der Waals surface area (Å²) in [5, 5.41) is 9.64. The van der Waals surface area contributed by atoms with Crippen LogP contribution in [0.4, 0.5) is 0 Å². The van der Waals surface area contributed by atoms with Crippen molar-refractivity contribution in [2.24, 2.45) is 5.92 Å². The number of aliphatic hydroxyl groups is 1. The van der Waals surface area contributed by atoms with Crippen molar-refractivity contribution in [3.8, 4) is 11.1 Å². The third kappa shape index (κ3) is 4.83. The number of hydrogen-bond donors (Lipinski definition) is 1. The summed E-state index contributed by atoms with van der Waals surface area (Å²) in [7, 11) is 1.92. The van der Waals surface area contributed by atoms with Gasteiger partial charge in [0, 0.05) is 38.1 Å². The molecule has 192 valence electrons. The van der Waals surface area contributed by atoms with Crippen LogP contribution in [0.15, 0.2) is 54.3 Å². The zero-order chi connectivity index (χ0) is 25.1. The summed E-state index contributed by atoms with van der Waals surface area (Å²) >= 11 is 0. The lowest BCUT2D eigenvalue weighted by molar-refractivity contribution is -0.170. The van der Waals surface area contributed by atoms with Gasteiger partial charge in [0.05, 0.1) is 0 Å². The Hall–Kier alpha value is -2.63. The summed E-state index contributed by atoms with van der Waals surface area (Å²) in [4.78, 5) is 15.6. The third-order valence-electron chi connectivity index (χ3n) is 8.31. The number of amides is 1. The minimum absolute atomic E-state index is 0.0175. The van der Waals surface area contributed by atoms with Gasteiger partial charge in [-0.3, -0.25) is 4.79 Å². The van der Waals surface area contributed by atoms with E-state index in [1.54, 1.807) is 0 Å². The van der Waals surface area contributed by atoms with Gasteiger partial charge in [-0.15, -0.1) is 0 Å². The molecule has 2 aromatic carbocycles. The zero-order valence-corrected chi connectivity index (χ0v) is 21.6. The summed E-state index contributed by atoms with van der Waals surface area (Å²) in [6, 6.07) is 15.4. The maximum atomic E-state index is 13.7. The highest BCUT2D eigenvalue weighted by atomic mass is 16.7. The van der Waals surface area contributed by atoms with Gasteiger partial charge >= 0.3 is 0 Å². The van der Waals surface area contributed by atoms with Gasteiger partial charge in [-0.2, -0.15) is 0 Å². The molecule has 0 saturated heterocycles. The molecule has 2 aromatic rings. The molecule has 5 heteroatoms. The van der Waals surface area contributed by atoms with Crippen LogP contribution in [0, 0.1) is 5.92 Å². The molecule has 0 unspecified atom stereocenters. The van der Waals surface area contributed by atoms with E-state index in [9.17, 15) is 9.90 Å². The number of benzene rings is 2. The Labute approximate surface area is 215 Å². The SMILES string of the molecule is CCO[C@@H]1OC(C(=O)N(C)C2CCCCC2)=C[C@H](c2cccc3c2Cc2ccccc2-3)[C@@H]1CCCO. The van der Waals surface area contributed by atoms with Crippen molar-refractivity contribution in [1.29, 1.82) is 0 Å². The molecule has 3 atom stereocenters. The number of nitrogens with zero attached hydrogens (tertiary/aromatic N) is 1. The Bertz CT molecular complexity index is 1100. The third-order valence-corrected chi connectivity index (χ3v) is 8.31. The molecular weight excluding hydrogens is 450 g/mol. The second-order valence-electron chi connectivity index (χ2n) is 10.4. The van der Waals surface area contributed by atoms with E-state index in [0.717, 1.165) is 25.7 Å². The topological polar surface area (TPSA) is 59.0 Å². The lowest BCUT2D eigenvalue weighted by atomic mass is 9.78. The molecular formula is C31H39NO4. The van der Waals surface area contributed by atoms with Crippen LogP contribution >= 0.6 is 0 Å². The lowest BCUT2D eigenvalue weighted by Gasteiger charge is -2.39. The molecule has 1 saturated carbocycles. The van der Waals surface area contributed by atoms with Crippen LogP contribution < -0.4 is 0 Å². The fourth-order valence-electron chi connectivity index (χ4n) is 6.42. The Morgan fingerprint density at radius 3 is 2.64 bits per heavy atom. The van der Waals surface area contributed by atoms with Crippen molar-refractivity contribution >= 4 is 5.91 Å². The first-order valence-corrected chi connectivity index (χ1v) is 13.7. The molecule has 2 aliphatic carbocycles. The molecule has 1 aliphatic heterocycles. The normalized spacial score (nSPS) is 23.4. The van der Waals surface area contributed by atoms with E-state index >= 15 is 0 Å². The van der Waals surface area contributed by atoms with Gasteiger partial charge in [-0.05, 0) is 72.9 Å². The minimum atomic E-state index is -0.519. The van der Waals surface area contributed by atoms with Crippen LogP contribution in [-0.2, 0) is 20.7 Å². The van der Waals surface area contributed by atoms with Gasteiger partial charge in [-0.1, -0.05) is 61.7 Å². The molecule has 1 heterocycles. The average Bonchev–Trinajstić information content (AvgIpc) is 3.31. The second-order valence-corrected chi connectivity index (χ2v) is 10.4. The number of allylic oxidation sites excluding steroid dienone is 1. The van der Waals surface area contributed by atoms with Crippen LogP contribution in [0.1, 0.15) is 74.5 Å². The summed E-state index contributed by atoms with van der Waals surface area (Å²) in [5.74, 6) is 0.349. The van der Waals surface area contributed by atoms with Gasteiger partial charge in [0.2, 0.25) is 6.29 Å². The zero-order valence-electron chi connectivity index (χ0n) is 21.6. The molecule has 1 amide bonds. The van der Waals surface area contributed by atoms with E-state index in [4.69, 9.17) is 9.47 Å². The van der Waals surface area contributed by atoms with Gasteiger partial charge < -0.3 is 19.5 Å². The van der Waals surface area contributed by atoms with Crippen LogP contribution in [0.3, 0.4) is 0 Å². The molecule has 5 nitrogen and oxygen atoms in total. The van der Waals surface area contributed by atoms with Crippen molar-refractivity contribution in [1.82, 2.24) is 4.90 Å². The van der Waals surface area contributed by atoms with Crippen LogP contribution in [-0.4, -0.2) is 48.5 Å². The first-order chi connectivity index (χ1) is 17.6. The monoisotopic (exact) mass is 489 g/mol. The van der Waals surface area contributed by atoms with Crippen molar-refractivity contribution in [3.63, 3.8) is 0 Å². The predicted molar refractivity (Wildman–Crippen MR) is 141 cm³/mol. The second kappa shape index (κ2) is 11.2. The first kappa shape index (κ1) is 25.0. The summed E-state index contributed by atoms with van der Waals surface area (Å²) in [6.45, 7) is 2.60. The Morgan fingerprint density at radius 2 is 1.86 bits per heavy atom. The van der Waals surface area contributed by atoms with E-state index in [2.05, 4.69) is 48.5 Å². The number of carbonyl (C=O) groups is 1. The Morgan fingerprint density at radius 1 is 1.08 bits per heavy atom. The fourth-order valence-corrected chi connectivity index (χ4v) is 6.42. The molecule has 0 radical (unpaired) electrons. The molecule has 0 aromatic heterocycles. The first-order valence-electron chi connectivity index (χ1n) is 13.7. The van der Waals surface area contributed by atoms with Crippen LogP contribution in [0.5, 0.6) is 0 Å². The van der Waals surface area contributed by atoms with E-state index in [1.807, 2.05) is 18.9 Å². The number of hydrogen-bond acceptors (Lipinski definition) is 4. The van der Waals surface area contributed by atoms with Crippen molar-refractivity contribution < 1.29 is 19.4 Å². The number of likely N-dealkylation sites (N-methyl/N-ethyl adjacent to an activating group) is 1. The highest BCUT2D eigenvalue weighted by Gasteiger charge is 2.40. The number of aliphatic hydroxyl groups excluding tert-OH is 1. The smallest absolute Gasteiger partial charge is 0.288 e. The van der Waals surface area contributed by atoms with E-state index < -0.39 is 6.29 Å². The molecule has 0 bridgehead atoms. The van der Waals surface area contributed by atoms with Crippen molar-refractivity contribution in [2.45, 2.75) is 76.5 Å². The van der Waals surface area contributed by atoms with E-state index in [0.29, 0.717) is 18.8 Å². The highest BCUT2D eigenvalue weighted by molar-refractivity contribution is 5.92. The van der Waals surface area contributed by atoms with Crippen molar-refractivity contribution in [2.75, 3.05) is 20.3 Å². The van der Waals surface area contributed by atoms with Crippen LogP contribution in [0.2, 0.25) is 0 Å². The highest BCUT2D eigenvalue weighted by Crippen LogP contribution is 2.46. The summed E-state index contributed by atoms with van der Waals surface area (Å²) < 4.78 is 12.4. The maximum Gasteiger partial charge on any atom is 0.288 e. The van der Waals surface area contributed by atoms with Gasteiger partial charge in [-0.25, -0.2) is 0 Å². The number of fused-ring (bicyclic) bond motifs is 3. The van der Waals surface area contributed by atoms with E-state index in [1.165, 1.54) is 47.1 Å². The average molecular weight is 490 g/mol. The summed E-state index contributed by atoms with van der Waals surface area (Å²) in [6.07, 6.45) is 9.56. The number of carbonyl (C=O) groups excluding carboxylic acids is 1. The Balaban J connectivity index is 1.54.